The zero-order chi connectivity index (χ0) is 17.7. The molecule has 1 fully saturated rings. The van der Waals surface area contributed by atoms with E-state index in [9.17, 15) is 4.39 Å². The normalized spacial score (nSPS) is 15.9. The smallest absolute Gasteiger partial charge is 0.191 e. The molecule has 0 saturated heterocycles. The van der Waals surface area contributed by atoms with Crippen LogP contribution in [0.25, 0.3) is 0 Å². The molecule has 1 saturated carbocycles. The van der Waals surface area contributed by atoms with Crippen molar-refractivity contribution >= 4 is 17.3 Å². The van der Waals surface area contributed by atoms with E-state index in [0.717, 1.165) is 49.4 Å². The first kappa shape index (κ1) is 17.9. The number of rotatable bonds is 7. The molecular formula is C19H25FN4S. The van der Waals surface area contributed by atoms with Crippen LogP contribution in [0.4, 0.5) is 4.39 Å². The molecule has 2 aromatic rings. The predicted octanol–water partition coefficient (Wildman–Crippen LogP) is 3.28. The van der Waals surface area contributed by atoms with Gasteiger partial charge in [0, 0.05) is 37.4 Å². The number of benzene rings is 1. The fourth-order valence-corrected chi connectivity index (χ4v) is 3.77. The third-order valence-electron chi connectivity index (χ3n) is 4.69. The summed E-state index contributed by atoms with van der Waals surface area (Å²) in [5.41, 5.74) is 1.84. The zero-order valence-corrected chi connectivity index (χ0v) is 15.6. The first-order valence-corrected chi connectivity index (χ1v) is 9.67. The minimum atomic E-state index is -0.111. The fourth-order valence-electron chi connectivity index (χ4n) is 2.99. The molecule has 0 unspecified atom stereocenters. The molecule has 6 heteroatoms. The van der Waals surface area contributed by atoms with Gasteiger partial charge in [0.1, 0.15) is 5.82 Å². The van der Waals surface area contributed by atoms with Crippen LogP contribution in [0.3, 0.4) is 0 Å². The second-order valence-corrected chi connectivity index (χ2v) is 7.39. The van der Waals surface area contributed by atoms with Crippen LogP contribution in [-0.2, 0) is 18.3 Å². The number of nitrogens with zero attached hydrogens (tertiary/aromatic N) is 2. The summed E-state index contributed by atoms with van der Waals surface area (Å²) in [6.45, 7) is 3.60. The van der Waals surface area contributed by atoms with E-state index in [4.69, 9.17) is 0 Å². The van der Waals surface area contributed by atoms with Gasteiger partial charge in [-0.25, -0.2) is 9.37 Å². The third kappa shape index (κ3) is 4.37. The van der Waals surface area contributed by atoms with Crippen LogP contribution in [0.15, 0.2) is 34.6 Å². The van der Waals surface area contributed by atoms with Crippen molar-refractivity contribution in [2.75, 3.05) is 20.1 Å². The summed E-state index contributed by atoms with van der Waals surface area (Å²) < 4.78 is 14.1. The number of nitrogens with one attached hydrogen (secondary N) is 2. The van der Waals surface area contributed by atoms with Crippen LogP contribution in [-0.4, -0.2) is 31.1 Å². The fraction of sp³-hybridized carbons (Fsp3) is 0.474. The van der Waals surface area contributed by atoms with E-state index in [0.29, 0.717) is 6.54 Å². The van der Waals surface area contributed by atoms with Crippen molar-refractivity contribution < 1.29 is 4.39 Å². The average Bonchev–Trinajstić information content (AvgIpc) is 3.27. The first-order chi connectivity index (χ1) is 12.2. The van der Waals surface area contributed by atoms with Gasteiger partial charge in [-0.05, 0) is 30.9 Å². The van der Waals surface area contributed by atoms with Crippen LogP contribution in [0.1, 0.15) is 36.0 Å². The number of thiazole rings is 1. The van der Waals surface area contributed by atoms with Crippen LogP contribution in [0.5, 0.6) is 0 Å². The van der Waals surface area contributed by atoms with Gasteiger partial charge in [0.05, 0.1) is 10.7 Å². The van der Waals surface area contributed by atoms with Crippen molar-refractivity contribution in [2.45, 2.75) is 38.0 Å². The van der Waals surface area contributed by atoms with Crippen LogP contribution < -0.4 is 10.6 Å². The Morgan fingerprint density at radius 2 is 2.12 bits per heavy atom. The molecule has 0 amide bonds. The van der Waals surface area contributed by atoms with Crippen molar-refractivity contribution in [2.24, 2.45) is 4.99 Å². The molecule has 1 aromatic carbocycles. The summed E-state index contributed by atoms with van der Waals surface area (Å²) in [4.78, 5) is 8.84. The molecule has 0 atom stereocenters. The molecule has 4 nitrogen and oxygen atoms in total. The number of hydrogen-bond acceptors (Lipinski definition) is 3. The molecular weight excluding hydrogens is 335 g/mol. The maximum Gasteiger partial charge on any atom is 0.191 e. The van der Waals surface area contributed by atoms with Crippen molar-refractivity contribution in [3.63, 3.8) is 0 Å². The highest BCUT2D eigenvalue weighted by molar-refractivity contribution is 7.09. The molecule has 0 bridgehead atoms. The molecule has 1 aliphatic rings. The molecule has 2 N–H and O–H groups in total. The van der Waals surface area contributed by atoms with Crippen molar-refractivity contribution in [3.05, 3.63) is 51.7 Å². The molecule has 0 aliphatic heterocycles. The maximum atomic E-state index is 14.1. The molecule has 1 aliphatic carbocycles. The second-order valence-electron chi connectivity index (χ2n) is 6.45. The summed E-state index contributed by atoms with van der Waals surface area (Å²) in [7, 11) is 1.76. The molecule has 3 rings (SSSR count). The van der Waals surface area contributed by atoms with Gasteiger partial charge in [-0.2, -0.15) is 0 Å². The lowest BCUT2D eigenvalue weighted by molar-refractivity contribution is 0.559. The van der Waals surface area contributed by atoms with Gasteiger partial charge in [0.25, 0.3) is 0 Å². The Morgan fingerprint density at radius 3 is 2.76 bits per heavy atom. The van der Waals surface area contributed by atoms with Gasteiger partial charge in [-0.15, -0.1) is 11.3 Å². The number of aromatic nitrogens is 1. The molecule has 25 heavy (non-hydrogen) atoms. The Balaban J connectivity index is 1.49. The van der Waals surface area contributed by atoms with E-state index < -0.39 is 0 Å². The lowest BCUT2D eigenvalue weighted by Crippen LogP contribution is -2.42. The first-order valence-electron chi connectivity index (χ1n) is 8.79. The van der Waals surface area contributed by atoms with Crippen molar-refractivity contribution in [1.82, 2.24) is 15.6 Å². The Labute approximate surface area is 152 Å². The molecule has 134 valence electrons. The third-order valence-corrected chi connectivity index (χ3v) is 5.73. The summed E-state index contributed by atoms with van der Waals surface area (Å²) in [6.07, 6.45) is 3.88. The summed E-state index contributed by atoms with van der Waals surface area (Å²) in [6, 6.07) is 7.09. The Bertz CT molecular complexity index is 737. The van der Waals surface area contributed by atoms with E-state index >= 15 is 0 Å². The highest BCUT2D eigenvalue weighted by Crippen LogP contribution is 2.48. The number of guanidine groups is 1. The number of aliphatic imine (C=N–C) groups is 1. The van der Waals surface area contributed by atoms with Gasteiger partial charge < -0.3 is 10.6 Å². The quantitative estimate of drug-likeness (QED) is 0.588. The number of aryl methyl sites for hydroxylation is 1. The highest BCUT2D eigenvalue weighted by Gasteiger charge is 2.45. The predicted molar refractivity (Wildman–Crippen MR) is 102 cm³/mol. The van der Waals surface area contributed by atoms with Crippen molar-refractivity contribution in [1.29, 1.82) is 0 Å². The van der Waals surface area contributed by atoms with Gasteiger partial charge in [-0.3, -0.25) is 4.99 Å². The van der Waals surface area contributed by atoms with E-state index in [-0.39, 0.29) is 11.2 Å². The monoisotopic (exact) mass is 360 g/mol. The highest BCUT2D eigenvalue weighted by atomic mass is 32.1. The zero-order valence-electron chi connectivity index (χ0n) is 14.8. The molecule has 1 aromatic heterocycles. The SMILES string of the molecule is CCc1nc(CCNC(=NC)NCC2(c3ccccc3F)CC2)cs1. The molecule has 0 radical (unpaired) electrons. The number of hydrogen-bond donors (Lipinski definition) is 2. The largest absolute Gasteiger partial charge is 0.356 e. The van der Waals surface area contributed by atoms with E-state index in [2.05, 4.69) is 32.9 Å². The Kier molecular flexibility index (Phi) is 5.68. The minimum Gasteiger partial charge on any atom is -0.356 e. The van der Waals surface area contributed by atoms with Gasteiger partial charge in [0.2, 0.25) is 0 Å². The van der Waals surface area contributed by atoms with Crippen molar-refractivity contribution in [3.8, 4) is 0 Å². The summed E-state index contributed by atoms with van der Waals surface area (Å²) >= 11 is 1.71. The molecule has 0 spiro atoms. The van der Waals surface area contributed by atoms with E-state index in [1.807, 2.05) is 12.1 Å². The number of halogens is 1. The van der Waals surface area contributed by atoms with Crippen LogP contribution in [0.2, 0.25) is 0 Å². The van der Waals surface area contributed by atoms with Gasteiger partial charge in [0.15, 0.2) is 5.96 Å². The van der Waals surface area contributed by atoms with E-state index in [1.165, 1.54) is 5.01 Å². The van der Waals surface area contributed by atoms with Gasteiger partial charge in [-0.1, -0.05) is 25.1 Å². The Hall–Kier alpha value is -1.95. The lowest BCUT2D eigenvalue weighted by Gasteiger charge is -2.19. The Morgan fingerprint density at radius 1 is 1.32 bits per heavy atom. The summed E-state index contributed by atoms with van der Waals surface area (Å²) in [5.74, 6) is 0.647. The van der Waals surface area contributed by atoms with Crippen LogP contribution >= 0.6 is 11.3 Å². The minimum absolute atomic E-state index is 0.0894. The maximum absolute atomic E-state index is 14.1. The summed E-state index contributed by atoms with van der Waals surface area (Å²) in [5, 5.41) is 9.97. The topological polar surface area (TPSA) is 49.3 Å². The molecule has 1 heterocycles. The standard InChI is InChI=1S/C19H25FN4S/c1-3-17-24-14(12-25-17)8-11-22-18(21-2)23-13-19(9-10-19)15-6-4-5-7-16(15)20/h4-7,12H,3,8-11,13H2,1-2H3,(H2,21,22,23). The van der Waals surface area contributed by atoms with E-state index in [1.54, 1.807) is 30.5 Å². The second kappa shape index (κ2) is 7.95. The lowest BCUT2D eigenvalue weighted by atomic mass is 9.95. The van der Waals surface area contributed by atoms with Gasteiger partial charge >= 0.3 is 0 Å². The average molecular weight is 361 g/mol. The van der Waals surface area contributed by atoms with Crippen LogP contribution in [0, 0.1) is 5.82 Å².